The summed E-state index contributed by atoms with van der Waals surface area (Å²) in [6, 6.07) is 15.7. The maximum Gasteiger partial charge on any atom is 0.265 e. The predicted octanol–water partition coefficient (Wildman–Crippen LogP) is 2.49. The lowest BCUT2D eigenvalue weighted by Gasteiger charge is -2.26. The number of benzene rings is 2. The van der Waals surface area contributed by atoms with Gasteiger partial charge in [0.2, 0.25) is 6.10 Å². The number of aryl methyl sites for hydroxylation is 1. The van der Waals surface area contributed by atoms with Gasteiger partial charge in [-0.25, -0.2) is 10.9 Å². The molecule has 2 aromatic carbocycles. The first-order valence-corrected chi connectivity index (χ1v) is 10.5. The Bertz CT molecular complexity index is 1110. The number of carbonyl (C=O) groups is 1. The lowest BCUT2D eigenvalue weighted by molar-refractivity contribution is -0.131. The zero-order valence-corrected chi connectivity index (χ0v) is 17.6. The van der Waals surface area contributed by atoms with E-state index >= 15 is 0 Å². The molecule has 0 radical (unpaired) electrons. The van der Waals surface area contributed by atoms with Crippen LogP contribution in [0.3, 0.4) is 0 Å². The molecule has 5 rings (SSSR count). The highest BCUT2D eigenvalue weighted by molar-refractivity contribution is 5.83. The third-order valence-corrected chi connectivity index (χ3v) is 5.84. The van der Waals surface area contributed by atoms with Crippen LogP contribution in [0.1, 0.15) is 25.1 Å². The van der Waals surface area contributed by atoms with E-state index in [1.807, 2.05) is 24.3 Å². The fraction of sp³-hybridized carbons (Fsp3) is 0.348. The van der Waals surface area contributed by atoms with Crippen molar-refractivity contribution in [2.45, 2.75) is 38.2 Å². The van der Waals surface area contributed by atoms with Gasteiger partial charge in [0.05, 0.1) is 24.8 Å². The van der Waals surface area contributed by atoms with Crippen LogP contribution >= 0.6 is 0 Å². The van der Waals surface area contributed by atoms with E-state index in [-0.39, 0.29) is 24.7 Å². The highest BCUT2D eigenvalue weighted by Crippen LogP contribution is 2.32. The molecule has 8 nitrogen and oxygen atoms in total. The predicted molar refractivity (Wildman–Crippen MR) is 116 cm³/mol. The van der Waals surface area contributed by atoms with Crippen LogP contribution < -0.4 is 30.4 Å². The summed E-state index contributed by atoms with van der Waals surface area (Å²) in [4.78, 5) is 12.7. The van der Waals surface area contributed by atoms with E-state index in [4.69, 9.17) is 14.2 Å². The Balaban J connectivity index is 1.27. The second-order valence-corrected chi connectivity index (χ2v) is 7.74. The Morgan fingerprint density at radius 3 is 2.84 bits per heavy atom. The number of hydrogen-bond donors (Lipinski definition) is 3. The van der Waals surface area contributed by atoms with E-state index in [0.29, 0.717) is 17.9 Å². The third kappa shape index (κ3) is 3.68. The summed E-state index contributed by atoms with van der Waals surface area (Å²) in [5.41, 5.74) is 8.82. The Kier molecular flexibility index (Phi) is 5.17. The van der Waals surface area contributed by atoms with Crippen molar-refractivity contribution in [1.82, 2.24) is 20.7 Å². The molecule has 1 saturated heterocycles. The van der Waals surface area contributed by atoms with Crippen LogP contribution in [0.15, 0.2) is 48.5 Å². The van der Waals surface area contributed by atoms with Gasteiger partial charge in [0.15, 0.2) is 11.5 Å². The van der Waals surface area contributed by atoms with Crippen LogP contribution in [0.2, 0.25) is 0 Å². The van der Waals surface area contributed by atoms with Gasteiger partial charge in [0.25, 0.3) is 5.91 Å². The molecule has 1 amide bonds. The highest BCUT2D eigenvalue weighted by Gasteiger charge is 2.33. The molecule has 3 unspecified atom stereocenters. The number of fused-ring (bicyclic) bond motifs is 2. The van der Waals surface area contributed by atoms with E-state index in [0.717, 1.165) is 17.8 Å². The van der Waals surface area contributed by atoms with Gasteiger partial charge in [-0.05, 0) is 37.3 Å². The number of nitrogens with zero attached hydrogens (tertiary/aromatic N) is 1. The first-order valence-electron chi connectivity index (χ1n) is 10.5. The fourth-order valence-electron chi connectivity index (χ4n) is 4.28. The highest BCUT2D eigenvalue weighted by atomic mass is 16.6. The number of nitrogens with one attached hydrogen (secondary N) is 3. The number of rotatable bonds is 5. The van der Waals surface area contributed by atoms with Crippen molar-refractivity contribution in [3.8, 4) is 17.2 Å². The standard InChI is InChI=1S/C23H26N4O4/c1-3-27-17-11-15(29-2)9-8-14(17)10-18(27)16-12-22(26-25-16)24-23(28)21-13-30-19-6-4-5-7-20(19)31-21/h4-11,16,21-22,25-26H,3,12-13H2,1-2H3,(H,24,28). The van der Waals surface area contributed by atoms with Gasteiger partial charge in [-0.15, -0.1) is 0 Å². The summed E-state index contributed by atoms with van der Waals surface area (Å²) in [5, 5.41) is 4.19. The Morgan fingerprint density at radius 2 is 2.03 bits per heavy atom. The topological polar surface area (TPSA) is 85.8 Å². The van der Waals surface area contributed by atoms with Crippen molar-refractivity contribution >= 4 is 16.8 Å². The van der Waals surface area contributed by atoms with Gasteiger partial charge in [-0.2, -0.15) is 0 Å². The summed E-state index contributed by atoms with van der Waals surface area (Å²) in [6.45, 7) is 3.16. The molecule has 8 heteroatoms. The zero-order chi connectivity index (χ0) is 21.4. The number of aromatic nitrogens is 1. The van der Waals surface area contributed by atoms with Crippen LogP contribution in [0.25, 0.3) is 10.9 Å². The van der Waals surface area contributed by atoms with Gasteiger partial charge in [0, 0.05) is 30.1 Å². The molecule has 0 saturated carbocycles. The second kappa shape index (κ2) is 8.13. The van der Waals surface area contributed by atoms with Crippen LogP contribution in [0.4, 0.5) is 0 Å². The molecular weight excluding hydrogens is 396 g/mol. The van der Waals surface area contributed by atoms with Crippen molar-refractivity contribution in [2.24, 2.45) is 0 Å². The molecule has 1 aromatic heterocycles. The van der Waals surface area contributed by atoms with Gasteiger partial charge < -0.3 is 24.1 Å². The summed E-state index contributed by atoms with van der Waals surface area (Å²) in [6.07, 6.45) is -0.176. The number of ether oxygens (including phenoxy) is 3. The number of hydrazine groups is 1. The molecule has 3 heterocycles. The van der Waals surface area contributed by atoms with Gasteiger partial charge in [-0.3, -0.25) is 4.79 Å². The number of para-hydroxylation sites is 2. The van der Waals surface area contributed by atoms with E-state index in [9.17, 15) is 4.79 Å². The quantitative estimate of drug-likeness (QED) is 0.586. The van der Waals surface area contributed by atoms with Crippen molar-refractivity contribution in [3.63, 3.8) is 0 Å². The lowest BCUT2D eigenvalue weighted by Crippen LogP contribution is -2.51. The molecule has 0 aliphatic carbocycles. The van der Waals surface area contributed by atoms with E-state index in [1.165, 1.54) is 11.1 Å². The third-order valence-electron chi connectivity index (χ3n) is 5.84. The molecule has 3 N–H and O–H groups in total. The first kappa shape index (κ1) is 19.7. The minimum Gasteiger partial charge on any atom is -0.497 e. The monoisotopic (exact) mass is 422 g/mol. The van der Waals surface area contributed by atoms with Gasteiger partial charge in [-0.1, -0.05) is 12.1 Å². The molecule has 2 aliphatic heterocycles. The number of methoxy groups -OCH3 is 1. The summed E-state index contributed by atoms with van der Waals surface area (Å²) < 4.78 is 19.1. The summed E-state index contributed by atoms with van der Waals surface area (Å²) >= 11 is 0. The van der Waals surface area contributed by atoms with E-state index < -0.39 is 6.10 Å². The molecule has 3 atom stereocenters. The van der Waals surface area contributed by atoms with Crippen LogP contribution in [0, 0.1) is 0 Å². The Morgan fingerprint density at radius 1 is 1.19 bits per heavy atom. The zero-order valence-electron chi connectivity index (χ0n) is 17.6. The minimum absolute atomic E-state index is 0.0629. The summed E-state index contributed by atoms with van der Waals surface area (Å²) in [7, 11) is 1.68. The van der Waals surface area contributed by atoms with E-state index in [2.05, 4.69) is 45.9 Å². The SMILES string of the molecule is CCn1c(C2CC(NC(=O)C3COc4ccccc4O3)NN2)cc2ccc(OC)cc21. The molecule has 3 aromatic rings. The average molecular weight is 422 g/mol. The molecule has 162 valence electrons. The number of amides is 1. The average Bonchev–Trinajstić information content (AvgIpc) is 3.42. The fourth-order valence-corrected chi connectivity index (χ4v) is 4.28. The van der Waals surface area contributed by atoms with Gasteiger partial charge in [0.1, 0.15) is 12.4 Å². The Labute approximate surface area is 180 Å². The largest absolute Gasteiger partial charge is 0.497 e. The van der Waals surface area contributed by atoms with E-state index in [1.54, 1.807) is 13.2 Å². The molecule has 1 fully saturated rings. The maximum atomic E-state index is 12.7. The normalized spacial score (nSPS) is 22.5. The number of hydrogen-bond acceptors (Lipinski definition) is 6. The molecule has 0 bridgehead atoms. The molecule has 31 heavy (non-hydrogen) atoms. The number of carbonyl (C=O) groups excluding carboxylic acids is 1. The molecule has 2 aliphatic rings. The van der Waals surface area contributed by atoms with Crippen LogP contribution in [-0.2, 0) is 11.3 Å². The van der Waals surface area contributed by atoms with Crippen molar-refractivity contribution < 1.29 is 19.0 Å². The minimum atomic E-state index is -0.676. The van der Waals surface area contributed by atoms with Crippen LogP contribution in [-0.4, -0.2) is 36.5 Å². The maximum absolute atomic E-state index is 12.7. The van der Waals surface area contributed by atoms with Crippen molar-refractivity contribution in [1.29, 1.82) is 0 Å². The molecule has 0 spiro atoms. The second-order valence-electron chi connectivity index (χ2n) is 7.74. The van der Waals surface area contributed by atoms with Crippen molar-refractivity contribution in [2.75, 3.05) is 13.7 Å². The summed E-state index contributed by atoms with van der Waals surface area (Å²) in [5.74, 6) is 1.89. The lowest BCUT2D eigenvalue weighted by atomic mass is 10.1. The van der Waals surface area contributed by atoms with Gasteiger partial charge >= 0.3 is 0 Å². The smallest absolute Gasteiger partial charge is 0.265 e. The Hall–Kier alpha value is -3.23. The van der Waals surface area contributed by atoms with Crippen molar-refractivity contribution in [3.05, 3.63) is 54.2 Å². The first-order chi connectivity index (χ1) is 15.2. The van der Waals surface area contributed by atoms with Crippen LogP contribution in [0.5, 0.6) is 17.2 Å². The molecular formula is C23H26N4O4.